The average Bonchev–Trinajstić information content (AvgIpc) is 3.11. The summed E-state index contributed by atoms with van der Waals surface area (Å²) in [6.07, 6.45) is 1.38. The summed E-state index contributed by atoms with van der Waals surface area (Å²) in [4.78, 5) is 23.3. The molecule has 0 bridgehead atoms. The molecule has 7 nitrogen and oxygen atoms in total. The van der Waals surface area contributed by atoms with Gasteiger partial charge in [-0.05, 0) is 30.7 Å². The number of hydrogen-bond acceptors (Lipinski definition) is 6. The number of carbonyl (C=O) groups is 1. The summed E-state index contributed by atoms with van der Waals surface area (Å²) in [5.74, 6) is -0.665. The van der Waals surface area contributed by atoms with E-state index >= 15 is 0 Å². The van der Waals surface area contributed by atoms with E-state index < -0.39 is 5.97 Å². The summed E-state index contributed by atoms with van der Waals surface area (Å²) in [5.41, 5.74) is 0.864. The van der Waals surface area contributed by atoms with Crippen molar-refractivity contribution in [1.29, 1.82) is 0 Å². The van der Waals surface area contributed by atoms with Crippen LogP contribution in [0.25, 0.3) is 21.9 Å². The van der Waals surface area contributed by atoms with Gasteiger partial charge >= 0.3 is 5.97 Å². The van der Waals surface area contributed by atoms with Crippen LogP contribution in [0.4, 0.5) is 0 Å². The van der Waals surface area contributed by atoms with E-state index in [-0.39, 0.29) is 45.7 Å². The Kier molecular flexibility index (Phi) is 3.84. The quantitative estimate of drug-likeness (QED) is 0.565. The lowest BCUT2D eigenvalue weighted by atomic mass is 10.1. The van der Waals surface area contributed by atoms with E-state index in [1.807, 2.05) is 0 Å². The van der Waals surface area contributed by atoms with Gasteiger partial charge in [-0.2, -0.15) is 0 Å². The molecule has 136 valence electrons. The van der Waals surface area contributed by atoms with Gasteiger partial charge in [-0.25, -0.2) is 4.79 Å². The van der Waals surface area contributed by atoms with Crippen LogP contribution in [0.15, 0.2) is 56.3 Å². The van der Waals surface area contributed by atoms with Gasteiger partial charge in [0.2, 0.25) is 5.75 Å². The maximum atomic E-state index is 12.4. The molecule has 4 aromatic rings. The first-order valence-electron chi connectivity index (χ1n) is 8.07. The van der Waals surface area contributed by atoms with Crippen LogP contribution in [0, 0.1) is 6.92 Å². The van der Waals surface area contributed by atoms with Crippen molar-refractivity contribution in [3.05, 3.63) is 69.8 Å². The molecule has 0 saturated carbocycles. The van der Waals surface area contributed by atoms with E-state index in [4.69, 9.17) is 18.7 Å². The number of aromatic hydroxyl groups is 1. The molecule has 7 heteroatoms. The topological polar surface area (TPSA) is 110 Å². The second kappa shape index (κ2) is 6.21. The number of benzene rings is 2. The number of aromatic carboxylic acids is 1. The minimum absolute atomic E-state index is 0.0192. The lowest BCUT2D eigenvalue weighted by Crippen LogP contribution is -2.04. The molecule has 0 radical (unpaired) electrons. The third kappa shape index (κ3) is 2.79. The Morgan fingerprint density at radius 1 is 1.15 bits per heavy atom. The number of rotatable bonds is 4. The zero-order valence-electron chi connectivity index (χ0n) is 14.2. The van der Waals surface area contributed by atoms with Crippen LogP contribution >= 0.6 is 0 Å². The minimum atomic E-state index is -1.01. The van der Waals surface area contributed by atoms with Crippen LogP contribution < -0.4 is 10.2 Å². The summed E-state index contributed by atoms with van der Waals surface area (Å²) in [6.45, 7) is 1.71. The molecule has 0 atom stereocenters. The van der Waals surface area contributed by atoms with E-state index in [0.29, 0.717) is 11.1 Å². The molecule has 0 spiro atoms. The van der Waals surface area contributed by atoms with E-state index in [9.17, 15) is 14.7 Å². The summed E-state index contributed by atoms with van der Waals surface area (Å²) >= 11 is 0. The van der Waals surface area contributed by atoms with Gasteiger partial charge in [0.15, 0.2) is 16.6 Å². The Balaban J connectivity index is 1.82. The van der Waals surface area contributed by atoms with Crippen molar-refractivity contribution in [2.24, 2.45) is 0 Å². The number of carboxylic acids is 1. The zero-order valence-corrected chi connectivity index (χ0v) is 14.2. The minimum Gasteiger partial charge on any atom is -0.506 e. The molecule has 0 aliphatic carbocycles. The molecule has 0 amide bonds. The third-order valence-corrected chi connectivity index (χ3v) is 4.22. The van der Waals surface area contributed by atoms with Gasteiger partial charge in [-0.1, -0.05) is 12.1 Å². The Labute approximate surface area is 152 Å². The molecular weight excluding hydrogens is 352 g/mol. The molecule has 0 unspecified atom stereocenters. The summed E-state index contributed by atoms with van der Waals surface area (Å²) < 4.78 is 16.9. The van der Waals surface area contributed by atoms with E-state index in [1.54, 1.807) is 19.1 Å². The standard InChI is InChI=1S/C20H14O7/c1-10-8-14(21)15-16(22)13-6-7-25-17(13)19(18(15)27-10)26-9-11-2-4-12(5-3-11)20(23)24/h2-8,22H,9H2,1H3,(H,23,24). The Morgan fingerprint density at radius 3 is 2.59 bits per heavy atom. The fraction of sp³-hybridized carbons (Fsp3) is 0.100. The first kappa shape index (κ1) is 16.7. The molecule has 2 heterocycles. The molecule has 4 rings (SSSR count). The summed E-state index contributed by atoms with van der Waals surface area (Å²) in [5, 5.41) is 19.8. The number of hydrogen-bond donors (Lipinski definition) is 2. The van der Waals surface area contributed by atoms with Crippen molar-refractivity contribution in [3.8, 4) is 11.5 Å². The first-order valence-corrected chi connectivity index (χ1v) is 8.07. The lowest BCUT2D eigenvalue weighted by molar-refractivity contribution is 0.0697. The number of carboxylic acid groups (broad SMARTS) is 1. The third-order valence-electron chi connectivity index (χ3n) is 4.22. The van der Waals surface area contributed by atoms with Gasteiger partial charge in [-0.3, -0.25) is 4.79 Å². The average molecular weight is 366 g/mol. The molecule has 27 heavy (non-hydrogen) atoms. The van der Waals surface area contributed by atoms with Crippen molar-refractivity contribution < 1.29 is 28.6 Å². The van der Waals surface area contributed by atoms with Gasteiger partial charge < -0.3 is 23.8 Å². The normalized spacial score (nSPS) is 11.1. The van der Waals surface area contributed by atoms with Crippen LogP contribution in [-0.4, -0.2) is 16.2 Å². The van der Waals surface area contributed by atoms with Gasteiger partial charge in [0.25, 0.3) is 0 Å². The number of phenolic OH excluding ortho intramolecular Hbond substituents is 1. The Hall–Kier alpha value is -3.74. The van der Waals surface area contributed by atoms with Crippen LogP contribution in [0.2, 0.25) is 0 Å². The maximum absolute atomic E-state index is 12.4. The van der Waals surface area contributed by atoms with Crippen LogP contribution in [0.3, 0.4) is 0 Å². The molecule has 0 fully saturated rings. The lowest BCUT2D eigenvalue weighted by Gasteiger charge is -2.11. The highest BCUT2D eigenvalue weighted by molar-refractivity contribution is 6.06. The predicted octanol–water partition coefficient (Wildman–Crippen LogP) is 3.83. The predicted molar refractivity (Wildman–Crippen MR) is 96.4 cm³/mol. The van der Waals surface area contributed by atoms with Crippen LogP contribution in [-0.2, 0) is 6.61 Å². The van der Waals surface area contributed by atoms with Crippen molar-refractivity contribution in [1.82, 2.24) is 0 Å². The number of furan rings is 1. The second-order valence-electron chi connectivity index (χ2n) is 6.06. The zero-order chi connectivity index (χ0) is 19.1. The molecule has 0 saturated heterocycles. The monoisotopic (exact) mass is 366 g/mol. The van der Waals surface area contributed by atoms with Crippen LogP contribution in [0.1, 0.15) is 21.7 Å². The second-order valence-corrected chi connectivity index (χ2v) is 6.06. The molecule has 0 aliphatic rings. The Morgan fingerprint density at radius 2 is 1.89 bits per heavy atom. The highest BCUT2D eigenvalue weighted by Gasteiger charge is 2.22. The van der Waals surface area contributed by atoms with Gasteiger partial charge in [0, 0.05) is 6.07 Å². The van der Waals surface area contributed by atoms with Gasteiger partial charge in [0.1, 0.15) is 23.5 Å². The van der Waals surface area contributed by atoms with Crippen molar-refractivity contribution >= 4 is 27.9 Å². The molecule has 2 N–H and O–H groups in total. The largest absolute Gasteiger partial charge is 0.506 e. The molecule has 2 aromatic heterocycles. The number of fused-ring (bicyclic) bond motifs is 2. The van der Waals surface area contributed by atoms with Gasteiger partial charge in [0.05, 0.1) is 17.2 Å². The number of phenols is 1. The summed E-state index contributed by atoms with van der Waals surface area (Å²) in [6, 6.07) is 9.05. The molecular formula is C20H14O7. The number of ether oxygens (including phenoxy) is 1. The molecule has 2 aromatic carbocycles. The highest BCUT2D eigenvalue weighted by Crippen LogP contribution is 2.41. The fourth-order valence-electron chi connectivity index (χ4n) is 2.93. The van der Waals surface area contributed by atoms with Crippen molar-refractivity contribution in [2.45, 2.75) is 13.5 Å². The smallest absolute Gasteiger partial charge is 0.335 e. The first-order chi connectivity index (χ1) is 13.0. The van der Waals surface area contributed by atoms with Crippen molar-refractivity contribution in [3.63, 3.8) is 0 Å². The number of aryl methyl sites for hydroxylation is 1. The Bertz CT molecular complexity index is 1230. The summed E-state index contributed by atoms with van der Waals surface area (Å²) in [7, 11) is 0. The van der Waals surface area contributed by atoms with E-state index in [0.717, 1.165) is 5.56 Å². The van der Waals surface area contributed by atoms with Gasteiger partial charge in [-0.15, -0.1) is 0 Å². The SMILES string of the molecule is Cc1cc(=O)c2c(O)c3ccoc3c(OCc3ccc(C(=O)O)cc3)c2o1. The van der Waals surface area contributed by atoms with Crippen LogP contribution in [0.5, 0.6) is 11.5 Å². The van der Waals surface area contributed by atoms with Crippen molar-refractivity contribution in [2.75, 3.05) is 0 Å². The van der Waals surface area contributed by atoms with E-state index in [1.165, 1.54) is 30.5 Å². The van der Waals surface area contributed by atoms with E-state index in [2.05, 4.69) is 0 Å². The maximum Gasteiger partial charge on any atom is 0.335 e. The molecule has 0 aliphatic heterocycles. The highest BCUT2D eigenvalue weighted by atomic mass is 16.5. The fourth-order valence-corrected chi connectivity index (χ4v) is 2.93.